The molecule has 0 amide bonds. The van der Waals surface area contributed by atoms with Crippen molar-refractivity contribution >= 4 is 64.9 Å². The third-order valence-corrected chi connectivity index (χ3v) is 13.8. The molecule has 0 aliphatic heterocycles. The van der Waals surface area contributed by atoms with Gasteiger partial charge in [0.15, 0.2) is 0 Å². The van der Waals surface area contributed by atoms with Gasteiger partial charge in [-0.15, -0.1) is 0 Å². The third-order valence-electron chi connectivity index (χ3n) is 13.8. The molecule has 67 heavy (non-hydrogen) atoms. The first-order valence-corrected chi connectivity index (χ1v) is 22.9. The van der Waals surface area contributed by atoms with Gasteiger partial charge >= 0.3 is 0 Å². The van der Waals surface area contributed by atoms with Crippen molar-refractivity contribution in [2.24, 2.45) is 0 Å². The maximum Gasteiger partial charge on any atom is 0.0991 e. The summed E-state index contributed by atoms with van der Waals surface area (Å²) in [5.74, 6) is 0. The molecular weight excluding hydrogens is 809 g/mol. The van der Waals surface area contributed by atoms with E-state index in [0.29, 0.717) is 5.56 Å². The Labute approximate surface area is 388 Å². The number of benzene rings is 12. The van der Waals surface area contributed by atoms with Crippen LogP contribution >= 0.6 is 0 Å². The first-order chi connectivity index (χ1) is 33.1. The largest absolute Gasteiger partial charge is 0.309 e. The van der Waals surface area contributed by atoms with Gasteiger partial charge in [0.25, 0.3) is 0 Å². The Bertz CT molecular complexity index is 4140. The molecule has 0 spiro atoms. The highest BCUT2D eigenvalue weighted by molar-refractivity contribution is 6.23. The number of hydrogen-bond donors (Lipinski definition) is 0. The van der Waals surface area contributed by atoms with Crippen molar-refractivity contribution < 1.29 is 0 Å². The zero-order valence-corrected chi connectivity index (χ0v) is 36.5. The van der Waals surface area contributed by atoms with E-state index in [1.54, 1.807) is 0 Å². The summed E-state index contributed by atoms with van der Waals surface area (Å²) in [4.78, 5) is 0. The highest BCUT2D eigenvalue weighted by Gasteiger charge is 2.20. The summed E-state index contributed by atoms with van der Waals surface area (Å²) in [7, 11) is 0. The van der Waals surface area contributed by atoms with Gasteiger partial charge in [-0.2, -0.15) is 5.26 Å². The van der Waals surface area contributed by atoms with E-state index in [1.165, 1.54) is 76.5 Å². The number of hydrogen-bond acceptors (Lipinski definition) is 1. The van der Waals surface area contributed by atoms with Gasteiger partial charge in [0.2, 0.25) is 0 Å². The molecule has 0 aliphatic carbocycles. The van der Waals surface area contributed by atoms with E-state index in [0.717, 1.165) is 49.7 Å². The fourth-order valence-electron chi connectivity index (χ4n) is 10.5. The van der Waals surface area contributed by atoms with Crippen molar-refractivity contribution in [3.8, 4) is 67.4 Å². The maximum absolute atomic E-state index is 9.85. The van der Waals surface area contributed by atoms with Crippen molar-refractivity contribution in [1.82, 2.24) is 4.57 Å². The number of nitriles is 1. The second-order valence-electron chi connectivity index (χ2n) is 17.6. The van der Waals surface area contributed by atoms with Crippen LogP contribution in [0.3, 0.4) is 0 Å². The maximum atomic E-state index is 9.85. The lowest BCUT2D eigenvalue weighted by molar-refractivity contribution is 1.18. The Kier molecular flexibility index (Phi) is 8.95. The van der Waals surface area contributed by atoms with Crippen LogP contribution in [-0.4, -0.2) is 4.57 Å². The van der Waals surface area contributed by atoms with Gasteiger partial charge in [-0.25, -0.2) is 0 Å². The topological polar surface area (TPSA) is 28.7 Å². The summed E-state index contributed by atoms with van der Waals surface area (Å²) < 4.78 is 2.29. The van der Waals surface area contributed by atoms with Crippen LogP contribution in [0.1, 0.15) is 5.56 Å². The molecule has 12 aromatic carbocycles. The van der Waals surface area contributed by atoms with Crippen molar-refractivity contribution in [3.63, 3.8) is 0 Å². The molecule has 0 N–H and O–H groups in total. The van der Waals surface area contributed by atoms with Crippen molar-refractivity contribution in [2.75, 3.05) is 0 Å². The van der Waals surface area contributed by atoms with Crippen molar-refractivity contribution in [1.29, 1.82) is 5.26 Å². The van der Waals surface area contributed by atoms with Gasteiger partial charge in [-0.1, -0.05) is 176 Å². The molecule has 0 radical (unpaired) electrons. The SMILES string of the molecule is N#Cc1ccc2c(c1)c1cc(-c3ccc(-c4ccc5c(-c6ccc7ccccc7c6)c6cc(-c7ccccc7)ccc6c(-c6ccc7ccccc7c6)c5c4)cc3)ccc1n2-c1ccccc1. The molecule has 2 nitrogen and oxygen atoms in total. The average Bonchev–Trinajstić information content (AvgIpc) is 3.73. The summed E-state index contributed by atoms with van der Waals surface area (Å²) in [6.07, 6.45) is 0. The summed E-state index contributed by atoms with van der Waals surface area (Å²) in [6.45, 7) is 0. The Morgan fingerprint density at radius 2 is 0.672 bits per heavy atom. The summed E-state index contributed by atoms with van der Waals surface area (Å²) >= 11 is 0. The van der Waals surface area contributed by atoms with Crippen LogP contribution in [0.2, 0.25) is 0 Å². The summed E-state index contributed by atoms with van der Waals surface area (Å²) in [5, 5.41) is 21.9. The quantitative estimate of drug-likeness (QED) is 0.153. The fraction of sp³-hybridized carbons (Fsp3) is 0. The van der Waals surface area contributed by atoms with Crippen LogP contribution in [0.15, 0.2) is 243 Å². The van der Waals surface area contributed by atoms with E-state index in [-0.39, 0.29) is 0 Å². The molecule has 0 atom stereocenters. The average molecular weight is 849 g/mol. The van der Waals surface area contributed by atoms with Crippen molar-refractivity contribution in [2.45, 2.75) is 0 Å². The van der Waals surface area contributed by atoms with E-state index in [9.17, 15) is 5.26 Å². The zero-order chi connectivity index (χ0) is 44.4. The molecule has 2 heteroatoms. The Morgan fingerprint density at radius 1 is 0.269 bits per heavy atom. The minimum absolute atomic E-state index is 0.655. The number of rotatable bonds is 6. The smallest absolute Gasteiger partial charge is 0.0991 e. The number of aromatic nitrogens is 1. The Hall–Kier alpha value is -9.03. The molecule has 0 unspecified atom stereocenters. The fourth-order valence-corrected chi connectivity index (χ4v) is 10.5. The zero-order valence-electron chi connectivity index (χ0n) is 36.5. The van der Waals surface area contributed by atoms with Gasteiger partial charge in [0.05, 0.1) is 22.7 Å². The predicted octanol–water partition coefficient (Wildman–Crippen LogP) is 17.6. The van der Waals surface area contributed by atoms with Crippen LogP contribution in [0.5, 0.6) is 0 Å². The van der Waals surface area contributed by atoms with E-state index in [4.69, 9.17) is 0 Å². The summed E-state index contributed by atoms with van der Waals surface area (Å²) in [5.41, 5.74) is 15.8. The van der Waals surface area contributed by atoms with Crippen LogP contribution in [0, 0.1) is 11.3 Å². The van der Waals surface area contributed by atoms with Gasteiger partial charge in [-0.05, 0) is 165 Å². The molecule has 0 saturated carbocycles. The Balaban J connectivity index is 1.00. The van der Waals surface area contributed by atoms with Gasteiger partial charge in [0.1, 0.15) is 0 Å². The van der Waals surface area contributed by atoms with Crippen LogP contribution in [0.4, 0.5) is 0 Å². The molecule has 1 heterocycles. The minimum atomic E-state index is 0.655. The van der Waals surface area contributed by atoms with Crippen LogP contribution < -0.4 is 0 Å². The normalized spacial score (nSPS) is 11.6. The standard InChI is InChI=1S/C65H40N2/c66-41-42-19-33-62-58(35-42)59-38-52(30-34-63(59)67(62)55-17-5-2-6-18-55)47-22-20-46(21-23-47)51-29-32-57-61(40-51)65(54-27-25-45-14-8-10-16-49(45)37-54)56-31-28-50(43-11-3-1-4-12-43)39-60(56)64(57)53-26-24-44-13-7-9-15-48(44)36-53/h1-40H. The second-order valence-corrected chi connectivity index (χ2v) is 17.6. The molecule has 0 fully saturated rings. The predicted molar refractivity (Wildman–Crippen MR) is 283 cm³/mol. The van der Waals surface area contributed by atoms with Crippen LogP contribution in [-0.2, 0) is 0 Å². The lowest BCUT2D eigenvalue weighted by Gasteiger charge is -2.20. The van der Waals surface area contributed by atoms with Gasteiger partial charge < -0.3 is 4.57 Å². The Morgan fingerprint density at radius 3 is 1.21 bits per heavy atom. The second kappa shape index (κ2) is 15.6. The minimum Gasteiger partial charge on any atom is -0.309 e. The lowest BCUT2D eigenvalue weighted by atomic mass is 9.83. The molecular formula is C65H40N2. The lowest BCUT2D eigenvalue weighted by Crippen LogP contribution is -1.93. The first kappa shape index (κ1) is 38.4. The third kappa shape index (κ3) is 6.48. The molecule has 1 aromatic heterocycles. The molecule has 0 bridgehead atoms. The molecule has 0 aliphatic rings. The first-order valence-electron chi connectivity index (χ1n) is 22.9. The van der Waals surface area contributed by atoms with E-state index >= 15 is 0 Å². The van der Waals surface area contributed by atoms with Crippen molar-refractivity contribution in [3.05, 3.63) is 248 Å². The van der Waals surface area contributed by atoms with E-state index < -0.39 is 0 Å². The number of nitrogens with zero attached hydrogens (tertiary/aromatic N) is 2. The van der Waals surface area contributed by atoms with E-state index in [1.807, 2.05) is 18.2 Å². The molecule has 0 saturated heterocycles. The molecule has 13 aromatic rings. The van der Waals surface area contributed by atoms with Gasteiger partial charge in [-0.3, -0.25) is 0 Å². The highest BCUT2D eigenvalue weighted by Crippen LogP contribution is 2.47. The van der Waals surface area contributed by atoms with E-state index in [2.05, 4.69) is 235 Å². The molecule has 310 valence electrons. The number of fused-ring (bicyclic) bond motifs is 7. The molecule has 13 rings (SSSR count). The highest BCUT2D eigenvalue weighted by atomic mass is 15.0. The monoisotopic (exact) mass is 848 g/mol. The van der Waals surface area contributed by atoms with Gasteiger partial charge in [0, 0.05) is 16.5 Å². The summed E-state index contributed by atoms with van der Waals surface area (Å²) in [6, 6.07) is 90.5. The van der Waals surface area contributed by atoms with Crippen LogP contribution in [0.25, 0.3) is 126 Å². The number of para-hydroxylation sites is 1.